The first-order valence-corrected chi connectivity index (χ1v) is 15.4. The van der Waals surface area contributed by atoms with Gasteiger partial charge in [-0.1, -0.05) is 43.6 Å². The zero-order valence-corrected chi connectivity index (χ0v) is 25.1. The first-order valence-electron chi connectivity index (χ1n) is 15.4. The predicted octanol–water partition coefficient (Wildman–Crippen LogP) is 6.24. The van der Waals surface area contributed by atoms with Gasteiger partial charge in [-0.2, -0.15) is 0 Å². The lowest BCUT2D eigenvalue weighted by atomic mass is 9.56. The van der Waals surface area contributed by atoms with E-state index in [-0.39, 0.29) is 47.4 Å². The van der Waals surface area contributed by atoms with Gasteiger partial charge in [-0.25, -0.2) is 0 Å². The first kappa shape index (κ1) is 28.4. The van der Waals surface area contributed by atoms with Gasteiger partial charge in [0, 0.05) is 33.7 Å². The van der Waals surface area contributed by atoms with E-state index in [1.54, 1.807) is 12.5 Å². The SMILES string of the molecule is CC(=O)O[C@H]1CC[C@@]2(C)C(=CC[C@H]3[C@@H]4CC[C@@H]([C@H](C)[C@H]5[C@H](OC(C)=O)C[C@H](C)CN5C(C)=O)C(C)=C4C[C@@H]32)C1. The molecule has 5 aliphatic rings. The van der Waals surface area contributed by atoms with E-state index >= 15 is 0 Å². The van der Waals surface area contributed by atoms with Crippen LogP contribution >= 0.6 is 0 Å². The van der Waals surface area contributed by atoms with Gasteiger partial charge >= 0.3 is 11.9 Å². The van der Waals surface area contributed by atoms with Gasteiger partial charge in [-0.15, -0.1) is 0 Å². The summed E-state index contributed by atoms with van der Waals surface area (Å²) >= 11 is 0. The summed E-state index contributed by atoms with van der Waals surface area (Å²) in [6.45, 7) is 14.7. The summed E-state index contributed by atoms with van der Waals surface area (Å²) in [6.07, 6.45) is 10.7. The fourth-order valence-corrected chi connectivity index (χ4v) is 9.77. The molecule has 2 saturated carbocycles. The summed E-state index contributed by atoms with van der Waals surface area (Å²) in [4.78, 5) is 38.4. The molecule has 0 aromatic carbocycles. The molecule has 4 aliphatic carbocycles. The van der Waals surface area contributed by atoms with Crippen molar-refractivity contribution in [1.29, 1.82) is 0 Å². The highest BCUT2D eigenvalue weighted by Crippen LogP contribution is 2.63. The predicted molar refractivity (Wildman–Crippen MR) is 150 cm³/mol. The van der Waals surface area contributed by atoms with Crippen LogP contribution in [0, 0.1) is 40.9 Å². The average molecular weight is 540 g/mol. The van der Waals surface area contributed by atoms with Crippen molar-refractivity contribution in [3.63, 3.8) is 0 Å². The smallest absolute Gasteiger partial charge is 0.302 e. The number of piperidine rings is 1. The van der Waals surface area contributed by atoms with Crippen LogP contribution in [0.2, 0.25) is 0 Å². The number of fused-ring (bicyclic) bond motifs is 5. The maximum Gasteiger partial charge on any atom is 0.302 e. The Morgan fingerprint density at radius 1 is 1.05 bits per heavy atom. The topological polar surface area (TPSA) is 72.9 Å². The third-order valence-corrected chi connectivity index (χ3v) is 11.5. The van der Waals surface area contributed by atoms with Crippen molar-refractivity contribution in [1.82, 2.24) is 4.90 Å². The van der Waals surface area contributed by atoms with E-state index in [4.69, 9.17) is 9.47 Å². The summed E-state index contributed by atoms with van der Waals surface area (Å²) in [7, 11) is 0. The molecule has 0 bridgehead atoms. The molecule has 39 heavy (non-hydrogen) atoms. The van der Waals surface area contributed by atoms with Crippen molar-refractivity contribution < 1.29 is 23.9 Å². The van der Waals surface area contributed by atoms with Gasteiger partial charge in [0.2, 0.25) is 5.91 Å². The van der Waals surface area contributed by atoms with E-state index < -0.39 is 0 Å². The molecule has 0 aromatic rings. The molecule has 0 unspecified atom stereocenters. The highest BCUT2D eigenvalue weighted by atomic mass is 16.5. The molecule has 1 saturated heterocycles. The van der Waals surface area contributed by atoms with Gasteiger partial charge in [-0.05, 0) is 92.8 Å². The van der Waals surface area contributed by atoms with E-state index in [0.29, 0.717) is 29.6 Å². The molecule has 0 radical (unpaired) electrons. The number of amides is 1. The second-order valence-electron chi connectivity index (χ2n) is 13.8. The van der Waals surface area contributed by atoms with Crippen LogP contribution in [0.3, 0.4) is 0 Å². The quantitative estimate of drug-likeness (QED) is 0.312. The molecule has 6 heteroatoms. The lowest BCUT2D eigenvalue weighted by Gasteiger charge is -2.49. The molecule has 0 aromatic heterocycles. The zero-order chi connectivity index (χ0) is 28.2. The molecule has 3 fully saturated rings. The van der Waals surface area contributed by atoms with Crippen LogP contribution in [0.25, 0.3) is 0 Å². The average Bonchev–Trinajstić information content (AvgIpc) is 3.24. The normalized spacial score (nSPS) is 40.6. The zero-order valence-electron chi connectivity index (χ0n) is 25.1. The number of carbonyl (C=O) groups is 3. The van der Waals surface area contributed by atoms with Crippen LogP contribution in [-0.2, 0) is 23.9 Å². The lowest BCUT2D eigenvalue weighted by Crippen LogP contribution is -2.58. The molecule has 1 amide bonds. The molecule has 0 spiro atoms. The lowest BCUT2D eigenvalue weighted by molar-refractivity contribution is -0.162. The fourth-order valence-electron chi connectivity index (χ4n) is 9.77. The van der Waals surface area contributed by atoms with Gasteiger partial charge in [-0.3, -0.25) is 14.4 Å². The Balaban J connectivity index is 1.39. The largest absolute Gasteiger partial charge is 0.462 e. The number of likely N-dealkylation sites (tertiary alicyclic amines) is 1. The van der Waals surface area contributed by atoms with E-state index in [9.17, 15) is 14.4 Å². The Hall–Kier alpha value is -2.11. The molecule has 1 heterocycles. The monoisotopic (exact) mass is 539 g/mol. The molecule has 1 aliphatic heterocycles. The number of rotatable bonds is 4. The van der Waals surface area contributed by atoms with Crippen molar-refractivity contribution in [2.75, 3.05) is 6.54 Å². The van der Waals surface area contributed by atoms with Crippen LogP contribution in [0.1, 0.15) is 99.8 Å². The number of esters is 2. The summed E-state index contributed by atoms with van der Waals surface area (Å²) in [5, 5.41) is 0. The summed E-state index contributed by atoms with van der Waals surface area (Å²) in [5.74, 6) is 2.59. The standard InChI is InChI=1S/C33H49NO5/c1-18-14-31(39-23(6)37)32(34(17-18)21(4)35)20(3)26-10-11-27-28-9-8-24-15-25(38-22(5)36)12-13-33(24,7)30(28)16-29(27)19(26)2/h8,18,20,25-28,30-32H,9-17H2,1-7H3/t18-,20-,25-,26+,27-,28-,30-,31+,32-,33-/m0/s1. The minimum atomic E-state index is -0.256. The van der Waals surface area contributed by atoms with Crippen molar-refractivity contribution >= 4 is 17.8 Å². The highest BCUT2D eigenvalue weighted by Gasteiger charge is 2.55. The van der Waals surface area contributed by atoms with Gasteiger partial charge in [0.15, 0.2) is 0 Å². The number of ether oxygens (including phenoxy) is 2. The third-order valence-electron chi connectivity index (χ3n) is 11.5. The van der Waals surface area contributed by atoms with Crippen LogP contribution in [-0.4, -0.2) is 47.5 Å². The molecule has 5 rings (SSSR count). The Kier molecular flexibility index (Phi) is 7.80. The van der Waals surface area contributed by atoms with Crippen LogP contribution in [0.5, 0.6) is 0 Å². The third kappa shape index (κ3) is 5.10. The van der Waals surface area contributed by atoms with E-state index in [2.05, 4.69) is 33.8 Å². The van der Waals surface area contributed by atoms with Crippen LogP contribution < -0.4 is 0 Å². The molecule has 6 nitrogen and oxygen atoms in total. The second-order valence-corrected chi connectivity index (χ2v) is 13.8. The number of hydrogen-bond acceptors (Lipinski definition) is 5. The molecule has 216 valence electrons. The number of nitrogens with zero attached hydrogens (tertiary/aromatic N) is 1. The van der Waals surface area contributed by atoms with Gasteiger partial charge < -0.3 is 14.4 Å². The van der Waals surface area contributed by atoms with Crippen LogP contribution in [0.15, 0.2) is 22.8 Å². The number of allylic oxidation sites excluding steroid dienone is 3. The van der Waals surface area contributed by atoms with Crippen LogP contribution in [0.4, 0.5) is 0 Å². The summed E-state index contributed by atoms with van der Waals surface area (Å²) in [5.41, 5.74) is 4.92. The Morgan fingerprint density at radius 2 is 1.77 bits per heavy atom. The van der Waals surface area contributed by atoms with Crippen molar-refractivity contribution in [2.45, 2.75) is 118 Å². The number of hydrogen-bond donors (Lipinski definition) is 0. The van der Waals surface area contributed by atoms with Gasteiger partial charge in [0.25, 0.3) is 0 Å². The van der Waals surface area contributed by atoms with E-state index in [1.807, 2.05) is 4.90 Å². The van der Waals surface area contributed by atoms with Crippen molar-refractivity contribution in [3.05, 3.63) is 22.8 Å². The molecule has 10 atom stereocenters. The van der Waals surface area contributed by atoms with Crippen molar-refractivity contribution in [3.8, 4) is 0 Å². The Bertz CT molecular complexity index is 1080. The Morgan fingerprint density at radius 3 is 2.44 bits per heavy atom. The molecular formula is C33H49NO5. The fraction of sp³-hybridized carbons (Fsp3) is 0.788. The van der Waals surface area contributed by atoms with Crippen molar-refractivity contribution in [2.24, 2.45) is 40.9 Å². The van der Waals surface area contributed by atoms with Gasteiger partial charge in [0.1, 0.15) is 12.2 Å². The van der Waals surface area contributed by atoms with Gasteiger partial charge in [0.05, 0.1) is 6.04 Å². The van der Waals surface area contributed by atoms with E-state index in [0.717, 1.165) is 45.1 Å². The maximum absolute atomic E-state index is 12.8. The minimum Gasteiger partial charge on any atom is -0.462 e. The Labute approximate surface area is 234 Å². The highest BCUT2D eigenvalue weighted by molar-refractivity contribution is 5.74. The molecular weight excluding hydrogens is 490 g/mol. The maximum atomic E-state index is 12.8. The van der Waals surface area contributed by atoms with E-state index in [1.165, 1.54) is 37.8 Å². The summed E-state index contributed by atoms with van der Waals surface area (Å²) in [6, 6.07) is -0.0780. The number of carbonyl (C=O) groups excluding carboxylic acids is 3. The minimum absolute atomic E-state index is 0.0286. The molecule has 0 N–H and O–H groups in total. The first-order chi connectivity index (χ1) is 18.4. The second kappa shape index (κ2) is 10.7. The summed E-state index contributed by atoms with van der Waals surface area (Å²) < 4.78 is 11.5.